The number of primary amides is 1. The van der Waals surface area contributed by atoms with Crippen molar-refractivity contribution in [3.8, 4) is 6.07 Å². The normalized spacial score (nSPS) is 25.6. The third-order valence-corrected chi connectivity index (χ3v) is 7.84. The Labute approximate surface area is 218 Å². The van der Waals surface area contributed by atoms with Gasteiger partial charge in [-0.15, -0.1) is 0 Å². The van der Waals surface area contributed by atoms with Crippen molar-refractivity contribution in [1.82, 2.24) is 19.5 Å². The SMILES string of the molecule is CC1(C(N)=O)CCC(n2c(Nc3c(F)cc(C#N)cc3F)nc3cnc(N[C@@H]4CCC[C@@H](O)C4)nc32)CC1. The number of rotatable bonds is 6. The molecule has 12 heteroatoms. The van der Waals surface area contributed by atoms with Gasteiger partial charge < -0.3 is 21.5 Å². The molecule has 2 fully saturated rings. The number of anilines is 3. The number of nitrogens with two attached hydrogens (primary N) is 1. The number of hydrogen-bond donors (Lipinski definition) is 4. The molecule has 0 radical (unpaired) electrons. The van der Waals surface area contributed by atoms with E-state index in [1.807, 2.05) is 6.92 Å². The van der Waals surface area contributed by atoms with Crippen LogP contribution < -0.4 is 16.4 Å². The maximum absolute atomic E-state index is 14.8. The second-order valence-electron chi connectivity index (χ2n) is 10.6. The van der Waals surface area contributed by atoms with Crippen LogP contribution in [0, 0.1) is 28.4 Å². The molecule has 5 rings (SSSR count). The fraction of sp³-hybridized carbons (Fsp3) is 0.500. The van der Waals surface area contributed by atoms with Gasteiger partial charge in [-0.2, -0.15) is 10.2 Å². The molecule has 2 aliphatic carbocycles. The second-order valence-corrected chi connectivity index (χ2v) is 10.6. The summed E-state index contributed by atoms with van der Waals surface area (Å²) in [6.45, 7) is 1.85. The molecule has 3 aromatic rings. The number of carbonyl (C=O) groups is 1. The van der Waals surface area contributed by atoms with Gasteiger partial charge in [0, 0.05) is 17.5 Å². The van der Waals surface area contributed by atoms with Gasteiger partial charge in [-0.25, -0.2) is 18.7 Å². The Morgan fingerprint density at radius 2 is 1.92 bits per heavy atom. The Morgan fingerprint density at radius 1 is 1.21 bits per heavy atom. The summed E-state index contributed by atoms with van der Waals surface area (Å²) in [6.07, 6.45) is 6.58. The predicted molar refractivity (Wildman–Crippen MR) is 136 cm³/mol. The summed E-state index contributed by atoms with van der Waals surface area (Å²) in [4.78, 5) is 25.7. The third-order valence-electron chi connectivity index (χ3n) is 7.84. The van der Waals surface area contributed by atoms with Gasteiger partial charge in [-0.1, -0.05) is 6.92 Å². The molecule has 2 aromatic heterocycles. The van der Waals surface area contributed by atoms with Gasteiger partial charge in [0.25, 0.3) is 0 Å². The number of aliphatic hydroxyl groups is 1. The van der Waals surface area contributed by atoms with Crippen LogP contribution >= 0.6 is 0 Å². The van der Waals surface area contributed by atoms with Crippen molar-refractivity contribution < 1.29 is 18.7 Å². The fourth-order valence-corrected chi connectivity index (χ4v) is 5.49. The van der Waals surface area contributed by atoms with Crippen molar-refractivity contribution >= 4 is 34.7 Å². The highest BCUT2D eigenvalue weighted by molar-refractivity contribution is 5.80. The van der Waals surface area contributed by atoms with Gasteiger partial charge in [-0.3, -0.25) is 9.36 Å². The molecule has 0 spiro atoms. The van der Waals surface area contributed by atoms with Crippen LogP contribution in [-0.4, -0.2) is 42.7 Å². The largest absolute Gasteiger partial charge is 0.393 e. The Balaban J connectivity index is 1.53. The summed E-state index contributed by atoms with van der Waals surface area (Å²) in [5.41, 5.74) is 5.35. The number of benzene rings is 1. The maximum atomic E-state index is 14.8. The lowest BCUT2D eigenvalue weighted by Crippen LogP contribution is -2.38. The molecule has 5 N–H and O–H groups in total. The van der Waals surface area contributed by atoms with Crippen molar-refractivity contribution in [2.45, 2.75) is 76.5 Å². The van der Waals surface area contributed by atoms with E-state index in [-0.39, 0.29) is 35.6 Å². The minimum Gasteiger partial charge on any atom is -0.393 e. The smallest absolute Gasteiger partial charge is 0.224 e. The first-order chi connectivity index (χ1) is 18.2. The fourth-order valence-electron chi connectivity index (χ4n) is 5.49. The van der Waals surface area contributed by atoms with Crippen molar-refractivity contribution in [2.24, 2.45) is 11.1 Å². The standard InChI is InChI=1S/C26H30F2N8O2/c1-26(23(30)38)7-5-16(6-8-26)36-22-20(13-31-24(35-22)32-15-3-2-4-17(37)11-15)33-25(36)34-21-18(27)9-14(12-29)10-19(21)28/h9-10,13,15-17,37H,2-8,11H2,1H3,(H2,30,38)(H,33,34)(H,31,32,35)/t15-,16?,17-,26?/m1/s1. The number of aliphatic hydroxyl groups excluding tert-OH is 1. The van der Waals surface area contributed by atoms with E-state index < -0.39 is 22.7 Å². The van der Waals surface area contributed by atoms with Gasteiger partial charge >= 0.3 is 0 Å². The van der Waals surface area contributed by atoms with E-state index in [0.29, 0.717) is 49.2 Å². The van der Waals surface area contributed by atoms with Crippen LogP contribution in [0.3, 0.4) is 0 Å². The highest BCUT2D eigenvalue weighted by Crippen LogP contribution is 2.43. The number of fused-ring (bicyclic) bond motifs is 1. The number of nitrogens with zero attached hydrogens (tertiary/aromatic N) is 5. The first kappa shape index (κ1) is 25.8. The first-order valence-corrected chi connectivity index (χ1v) is 12.8. The number of hydrogen-bond acceptors (Lipinski definition) is 8. The molecule has 1 aromatic carbocycles. The molecule has 200 valence electrons. The monoisotopic (exact) mass is 524 g/mol. The van der Waals surface area contributed by atoms with Crippen molar-refractivity contribution in [1.29, 1.82) is 5.26 Å². The molecule has 0 aliphatic heterocycles. The van der Waals surface area contributed by atoms with Crippen LogP contribution in [0.1, 0.15) is 69.9 Å². The van der Waals surface area contributed by atoms with E-state index in [9.17, 15) is 18.7 Å². The van der Waals surface area contributed by atoms with E-state index in [0.717, 1.165) is 31.4 Å². The zero-order valence-corrected chi connectivity index (χ0v) is 21.0. The molecule has 0 saturated heterocycles. The van der Waals surface area contributed by atoms with Gasteiger partial charge in [0.15, 0.2) is 17.3 Å². The van der Waals surface area contributed by atoms with E-state index in [1.165, 1.54) is 0 Å². The van der Waals surface area contributed by atoms with Crippen LogP contribution in [0.4, 0.5) is 26.4 Å². The third kappa shape index (κ3) is 4.98. The molecule has 2 aliphatic rings. The lowest BCUT2D eigenvalue weighted by Gasteiger charge is -2.35. The summed E-state index contributed by atoms with van der Waals surface area (Å²) >= 11 is 0. The Morgan fingerprint density at radius 3 is 2.55 bits per heavy atom. The Bertz CT molecular complexity index is 1390. The van der Waals surface area contributed by atoms with Crippen molar-refractivity contribution in [3.63, 3.8) is 0 Å². The summed E-state index contributed by atoms with van der Waals surface area (Å²) < 4.78 is 31.3. The van der Waals surface area contributed by atoms with Crippen LogP contribution in [0.15, 0.2) is 18.3 Å². The van der Waals surface area contributed by atoms with E-state index in [1.54, 1.807) is 16.8 Å². The number of carbonyl (C=O) groups excluding carboxylic acids is 1. The van der Waals surface area contributed by atoms with Gasteiger partial charge in [0.2, 0.25) is 17.8 Å². The van der Waals surface area contributed by atoms with Crippen LogP contribution in [0.25, 0.3) is 11.2 Å². The van der Waals surface area contributed by atoms with E-state index in [4.69, 9.17) is 16.0 Å². The highest BCUT2D eigenvalue weighted by Gasteiger charge is 2.38. The summed E-state index contributed by atoms with van der Waals surface area (Å²) in [7, 11) is 0. The maximum Gasteiger partial charge on any atom is 0.224 e. The summed E-state index contributed by atoms with van der Waals surface area (Å²) in [6, 6.07) is 3.51. The number of halogens is 2. The summed E-state index contributed by atoms with van der Waals surface area (Å²) in [5.74, 6) is -1.65. The quantitative estimate of drug-likeness (QED) is 0.377. The molecule has 2 atom stereocenters. The Kier molecular flexibility index (Phi) is 6.88. The van der Waals surface area contributed by atoms with Crippen LogP contribution in [0.5, 0.6) is 0 Å². The lowest BCUT2D eigenvalue weighted by atomic mass is 9.73. The lowest BCUT2D eigenvalue weighted by molar-refractivity contribution is -0.128. The second kappa shape index (κ2) is 10.1. The molecule has 1 amide bonds. The number of nitrogens with one attached hydrogen (secondary N) is 2. The van der Waals surface area contributed by atoms with E-state index >= 15 is 0 Å². The molecule has 0 unspecified atom stereocenters. The van der Waals surface area contributed by atoms with E-state index in [2.05, 4.69) is 20.6 Å². The number of nitriles is 1. The molecule has 2 heterocycles. The number of imidazole rings is 1. The minimum absolute atomic E-state index is 0.0259. The van der Waals surface area contributed by atoms with Gasteiger partial charge in [-0.05, 0) is 63.5 Å². The molecule has 0 bridgehead atoms. The molecule has 10 nitrogen and oxygen atoms in total. The van der Waals surface area contributed by atoms with Gasteiger partial charge in [0.1, 0.15) is 11.2 Å². The topological polar surface area (TPSA) is 155 Å². The first-order valence-electron chi connectivity index (χ1n) is 12.8. The van der Waals surface area contributed by atoms with Crippen molar-refractivity contribution in [3.05, 3.63) is 35.5 Å². The number of aromatic nitrogens is 4. The minimum atomic E-state index is -0.922. The average molecular weight is 525 g/mol. The Hall–Kier alpha value is -3.85. The number of amides is 1. The zero-order chi connectivity index (χ0) is 27.0. The predicted octanol–water partition coefficient (Wildman–Crippen LogP) is 4.04. The summed E-state index contributed by atoms with van der Waals surface area (Å²) in [5, 5.41) is 25.1. The molecular weight excluding hydrogens is 494 g/mol. The van der Waals surface area contributed by atoms with Crippen molar-refractivity contribution in [2.75, 3.05) is 10.6 Å². The molecular formula is C26H30F2N8O2. The molecule has 2 saturated carbocycles. The molecule has 38 heavy (non-hydrogen) atoms. The average Bonchev–Trinajstić information content (AvgIpc) is 3.23. The zero-order valence-electron chi connectivity index (χ0n) is 21.0. The van der Waals surface area contributed by atoms with Gasteiger partial charge in [0.05, 0.1) is 23.9 Å². The highest BCUT2D eigenvalue weighted by atomic mass is 19.1. The van der Waals surface area contributed by atoms with Crippen LogP contribution in [0.2, 0.25) is 0 Å². The van der Waals surface area contributed by atoms with Crippen LogP contribution in [-0.2, 0) is 4.79 Å².